The lowest BCUT2D eigenvalue weighted by Gasteiger charge is -1.78. The van der Waals surface area contributed by atoms with Crippen molar-refractivity contribution in [3.63, 3.8) is 0 Å². The van der Waals surface area contributed by atoms with Gasteiger partial charge in [-0.3, -0.25) is 9.59 Å². The molecule has 0 atom stereocenters. The molecule has 0 saturated heterocycles. The first kappa shape index (κ1) is 13.5. The summed E-state index contributed by atoms with van der Waals surface area (Å²) >= 11 is 0. The lowest BCUT2D eigenvalue weighted by molar-refractivity contribution is -0.141. The average Bonchev–Trinajstić information content (AvgIpc) is 1.88. The van der Waals surface area contributed by atoms with E-state index in [-0.39, 0.29) is 0 Å². The molecule has 0 aromatic heterocycles. The molecule has 0 bridgehead atoms. The van der Waals surface area contributed by atoms with Crippen LogP contribution in [0.1, 0.15) is 0 Å². The Morgan fingerprint density at radius 3 is 0.833 bits per heavy atom. The summed E-state index contributed by atoms with van der Waals surface area (Å²) in [6, 6.07) is -5.15. The summed E-state index contributed by atoms with van der Waals surface area (Å²) in [4.78, 5) is 17.5. The van der Waals surface area contributed by atoms with Gasteiger partial charge in [-0.1, -0.05) is 0 Å². The predicted molar refractivity (Wildman–Crippen MR) is 24.2 cm³/mol. The van der Waals surface area contributed by atoms with Crippen molar-refractivity contribution in [1.29, 1.82) is 0 Å². The molecule has 0 aliphatic heterocycles. The maximum Gasteiger partial charge on any atom is 0.367 e. The Morgan fingerprint density at radius 2 is 0.833 bits per heavy atom. The van der Waals surface area contributed by atoms with Crippen LogP contribution in [0.3, 0.4) is 0 Å². The fraction of sp³-hybridized carbons (Fsp3) is 0.500. The zero-order chi connectivity index (χ0) is 10.3. The molecule has 0 rings (SSSR count). The summed E-state index contributed by atoms with van der Waals surface area (Å²) in [7, 11) is 0. The summed E-state index contributed by atoms with van der Waals surface area (Å²) in [5.41, 5.74) is 0. The van der Waals surface area contributed by atoms with Crippen LogP contribution in [-0.2, 0) is 9.59 Å². The van der Waals surface area contributed by atoms with E-state index in [9.17, 15) is 26.3 Å². The second-order valence-electron chi connectivity index (χ2n) is 1.21. The standard InChI is InChI=1S/2C2HF3O/c2*3-1(4)2(5)6/h2*1H. The van der Waals surface area contributed by atoms with Gasteiger partial charge in [-0.25, -0.2) is 0 Å². The molecule has 0 saturated carbocycles. The molecule has 0 radical (unpaired) electrons. The Kier molecular flexibility index (Phi) is 7.45. The highest BCUT2D eigenvalue weighted by molar-refractivity contribution is 5.71. The predicted octanol–water partition coefficient (Wildman–Crippen LogP) is 1.50. The largest absolute Gasteiger partial charge is 0.367 e. The summed E-state index contributed by atoms with van der Waals surface area (Å²) in [5.74, 6) is 0. The van der Waals surface area contributed by atoms with Crippen LogP contribution in [0.5, 0.6) is 0 Å². The number of carbonyl (C=O) groups excluding carboxylic acids is 2. The molecule has 0 fully saturated rings. The van der Waals surface area contributed by atoms with E-state index in [4.69, 9.17) is 9.59 Å². The number of carbonyl (C=O) groups is 2. The van der Waals surface area contributed by atoms with Crippen LogP contribution in [0.4, 0.5) is 26.3 Å². The van der Waals surface area contributed by atoms with Gasteiger partial charge in [-0.05, 0) is 0 Å². The van der Waals surface area contributed by atoms with Crippen LogP contribution in [0.15, 0.2) is 0 Å². The smallest absolute Gasteiger partial charge is 0.254 e. The highest BCUT2D eigenvalue weighted by Crippen LogP contribution is 1.92. The molecule has 0 amide bonds. The lowest BCUT2D eigenvalue weighted by Crippen LogP contribution is -2.00. The molecule has 8 heteroatoms. The van der Waals surface area contributed by atoms with Gasteiger partial charge in [-0.15, -0.1) is 0 Å². The molecular formula is C4H2F6O2. The first-order valence-electron chi connectivity index (χ1n) is 2.24. The van der Waals surface area contributed by atoms with Gasteiger partial charge in [-0.2, -0.15) is 26.3 Å². The van der Waals surface area contributed by atoms with Crippen LogP contribution in [0.25, 0.3) is 0 Å². The SMILES string of the molecule is O=C(F)C(F)F.O=C(F)C(F)F. The Balaban J connectivity index is 0. The van der Waals surface area contributed by atoms with Crippen molar-refractivity contribution >= 4 is 12.1 Å². The maximum absolute atomic E-state index is 10.4. The van der Waals surface area contributed by atoms with Crippen molar-refractivity contribution in [2.24, 2.45) is 0 Å². The average molecular weight is 196 g/mol. The summed E-state index contributed by atoms with van der Waals surface area (Å²) < 4.78 is 62.6. The van der Waals surface area contributed by atoms with E-state index in [1.165, 1.54) is 0 Å². The van der Waals surface area contributed by atoms with Crippen molar-refractivity contribution in [2.45, 2.75) is 12.9 Å². The highest BCUT2D eigenvalue weighted by atomic mass is 19.3. The van der Waals surface area contributed by atoms with Crippen LogP contribution >= 0.6 is 0 Å². The van der Waals surface area contributed by atoms with Gasteiger partial charge in [0.25, 0.3) is 0 Å². The number of hydrogen-bond acceptors (Lipinski definition) is 2. The second kappa shape index (κ2) is 6.62. The monoisotopic (exact) mass is 196 g/mol. The van der Waals surface area contributed by atoms with Gasteiger partial charge in [0, 0.05) is 0 Å². The molecule has 12 heavy (non-hydrogen) atoms. The zero-order valence-electron chi connectivity index (χ0n) is 5.24. The lowest BCUT2D eigenvalue weighted by atomic mass is 10.8. The third-order valence-electron chi connectivity index (χ3n) is 0.343. The fourth-order valence-electron chi connectivity index (χ4n) is 0. The molecule has 0 spiro atoms. The highest BCUT2D eigenvalue weighted by Gasteiger charge is 2.12. The van der Waals surface area contributed by atoms with Crippen molar-refractivity contribution < 1.29 is 35.9 Å². The van der Waals surface area contributed by atoms with Crippen LogP contribution in [0, 0.1) is 0 Å². The van der Waals surface area contributed by atoms with Crippen molar-refractivity contribution in [3.05, 3.63) is 0 Å². The number of alkyl halides is 4. The molecular weight excluding hydrogens is 194 g/mol. The number of hydrogen-bond donors (Lipinski definition) is 0. The number of rotatable bonds is 2. The van der Waals surface area contributed by atoms with Crippen molar-refractivity contribution in [1.82, 2.24) is 0 Å². The van der Waals surface area contributed by atoms with E-state index in [1.54, 1.807) is 0 Å². The van der Waals surface area contributed by atoms with Crippen LogP contribution in [-0.4, -0.2) is 24.9 Å². The van der Waals surface area contributed by atoms with Gasteiger partial charge >= 0.3 is 24.9 Å². The molecule has 0 aliphatic rings. The first-order valence-corrected chi connectivity index (χ1v) is 2.24. The minimum absolute atomic E-state index is 2.57. The maximum atomic E-state index is 10.4. The third kappa shape index (κ3) is 11.7. The van der Waals surface area contributed by atoms with E-state index in [2.05, 4.69) is 0 Å². The Labute approximate surface area is 62.2 Å². The van der Waals surface area contributed by atoms with Crippen molar-refractivity contribution in [2.75, 3.05) is 0 Å². The van der Waals surface area contributed by atoms with Gasteiger partial charge in [0.15, 0.2) is 0 Å². The van der Waals surface area contributed by atoms with Crippen molar-refractivity contribution in [3.8, 4) is 0 Å². The molecule has 0 N–H and O–H groups in total. The Hall–Kier alpha value is -1.08. The summed E-state index contributed by atoms with van der Waals surface area (Å²) in [5, 5.41) is 0. The molecule has 0 aromatic carbocycles. The van der Waals surface area contributed by atoms with E-state index in [0.717, 1.165) is 0 Å². The molecule has 0 unspecified atom stereocenters. The third-order valence-corrected chi connectivity index (χ3v) is 0.343. The zero-order valence-corrected chi connectivity index (χ0v) is 5.24. The molecule has 0 aromatic rings. The van der Waals surface area contributed by atoms with Gasteiger partial charge < -0.3 is 0 Å². The first-order chi connectivity index (χ1) is 5.29. The molecule has 72 valence electrons. The molecule has 0 heterocycles. The molecule has 2 nitrogen and oxygen atoms in total. The minimum Gasteiger partial charge on any atom is -0.254 e. The summed E-state index contributed by atoms with van der Waals surface area (Å²) in [6.07, 6.45) is -6.91. The molecule has 0 aliphatic carbocycles. The van der Waals surface area contributed by atoms with Gasteiger partial charge in [0.2, 0.25) is 0 Å². The van der Waals surface area contributed by atoms with Crippen LogP contribution in [0.2, 0.25) is 0 Å². The second-order valence-corrected chi connectivity index (χ2v) is 1.21. The van der Waals surface area contributed by atoms with E-state index in [0.29, 0.717) is 0 Å². The Morgan fingerprint density at radius 1 is 0.750 bits per heavy atom. The summed E-state index contributed by atoms with van der Waals surface area (Å²) in [6.45, 7) is 0. The quantitative estimate of drug-likeness (QED) is 0.495. The van der Waals surface area contributed by atoms with Gasteiger partial charge in [0.05, 0.1) is 0 Å². The fourth-order valence-corrected chi connectivity index (χ4v) is 0. The van der Waals surface area contributed by atoms with Gasteiger partial charge in [0.1, 0.15) is 0 Å². The topological polar surface area (TPSA) is 34.1 Å². The van der Waals surface area contributed by atoms with Crippen LogP contribution < -0.4 is 0 Å². The minimum atomic E-state index is -3.45. The van der Waals surface area contributed by atoms with E-state index >= 15 is 0 Å². The van der Waals surface area contributed by atoms with E-state index < -0.39 is 24.9 Å². The van der Waals surface area contributed by atoms with E-state index in [1.807, 2.05) is 0 Å². The Bertz CT molecular complexity index is 138. The normalized spacial score (nSPS) is 9.33. The number of halogens is 6.